The van der Waals surface area contributed by atoms with Gasteiger partial charge in [-0.25, -0.2) is 8.78 Å². The molecular weight excluding hydrogens is 324 g/mol. The van der Waals surface area contributed by atoms with Crippen LogP contribution in [0.4, 0.5) is 8.78 Å². The fourth-order valence-corrected chi connectivity index (χ4v) is 2.89. The number of ether oxygens (including phenoxy) is 1. The van der Waals surface area contributed by atoms with Gasteiger partial charge in [0.1, 0.15) is 0 Å². The third-order valence-electron chi connectivity index (χ3n) is 4.45. The highest BCUT2D eigenvalue weighted by Gasteiger charge is 2.35. The molecule has 1 amide bonds. The summed E-state index contributed by atoms with van der Waals surface area (Å²) in [4.78, 5) is 12.3. The van der Waals surface area contributed by atoms with Gasteiger partial charge in [0.15, 0.2) is 17.4 Å². The first kappa shape index (κ1) is 15.8. The minimum Gasteiger partial charge on any atom is -0.490 e. The molecule has 25 heavy (non-hydrogen) atoms. The summed E-state index contributed by atoms with van der Waals surface area (Å²) in [6, 6.07) is 11.8. The molecule has 1 N–H and O–H groups in total. The highest BCUT2D eigenvalue weighted by molar-refractivity contribution is 6.05. The largest absolute Gasteiger partial charge is 0.490 e. The summed E-state index contributed by atoms with van der Waals surface area (Å²) in [7, 11) is 0. The summed E-state index contributed by atoms with van der Waals surface area (Å²) in [6.07, 6.45) is 2.40. The van der Waals surface area contributed by atoms with E-state index in [-0.39, 0.29) is 23.6 Å². The van der Waals surface area contributed by atoms with Gasteiger partial charge in [-0.3, -0.25) is 4.79 Å². The van der Waals surface area contributed by atoms with Crippen LogP contribution >= 0.6 is 0 Å². The smallest absolute Gasteiger partial charge is 0.228 e. The molecule has 128 valence electrons. The van der Waals surface area contributed by atoms with Crippen LogP contribution in [0.25, 0.3) is 11.5 Å². The molecule has 0 heterocycles. The van der Waals surface area contributed by atoms with Crippen LogP contribution in [0.2, 0.25) is 0 Å². The molecule has 2 aliphatic rings. The van der Waals surface area contributed by atoms with E-state index in [0.29, 0.717) is 23.8 Å². The third kappa shape index (κ3) is 3.14. The van der Waals surface area contributed by atoms with Gasteiger partial charge in [-0.2, -0.15) is 0 Å². The second kappa shape index (κ2) is 6.31. The molecule has 4 rings (SSSR count). The van der Waals surface area contributed by atoms with E-state index < -0.39 is 11.6 Å². The summed E-state index contributed by atoms with van der Waals surface area (Å²) in [5.74, 6) is -1.21. The van der Waals surface area contributed by atoms with Crippen molar-refractivity contribution in [2.75, 3.05) is 6.61 Å². The monoisotopic (exact) mass is 341 g/mol. The van der Waals surface area contributed by atoms with Gasteiger partial charge in [0, 0.05) is 5.56 Å². The summed E-state index contributed by atoms with van der Waals surface area (Å²) >= 11 is 0. The number of halogens is 2. The second-order valence-corrected chi connectivity index (χ2v) is 6.45. The minimum absolute atomic E-state index is 0.0900. The van der Waals surface area contributed by atoms with E-state index in [1.54, 1.807) is 0 Å². The minimum atomic E-state index is -0.953. The van der Waals surface area contributed by atoms with E-state index in [2.05, 4.69) is 5.32 Å². The number of rotatable bonds is 6. The average Bonchev–Trinajstić information content (AvgIpc) is 3.41. The van der Waals surface area contributed by atoms with Gasteiger partial charge in [-0.05, 0) is 36.5 Å². The van der Waals surface area contributed by atoms with Crippen LogP contribution in [-0.4, -0.2) is 12.5 Å². The molecular formula is C20H17F2NO2. The Morgan fingerprint density at radius 1 is 1.12 bits per heavy atom. The Bertz CT molecular complexity index is 857. The molecule has 0 saturated heterocycles. The summed E-state index contributed by atoms with van der Waals surface area (Å²) < 4.78 is 33.5. The molecule has 0 radical (unpaired) electrons. The molecule has 0 aromatic heterocycles. The molecule has 0 unspecified atom stereocenters. The SMILES string of the molecule is O=C(Cc1ccccc1)NC1=C(OCC2CC2)c2ccc(F)c(F)c21. The van der Waals surface area contributed by atoms with Crippen LogP contribution in [0.15, 0.2) is 42.5 Å². The van der Waals surface area contributed by atoms with Gasteiger partial charge in [0.2, 0.25) is 5.91 Å². The van der Waals surface area contributed by atoms with Crippen molar-refractivity contribution in [2.45, 2.75) is 19.3 Å². The predicted molar refractivity (Wildman–Crippen MR) is 90.1 cm³/mol. The Balaban J connectivity index is 1.55. The highest BCUT2D eigenvalue weighted by atomic mass is 19.2. The lowest BCUT2D eigenvalue weighted by molar-refractivity contribution is -0.119. The molecule has 1 fully saturated rings. The molecule has 3 nitrogen and oxygen atoms in total. The van der Waals surface area contributed by atoms with E-state index >= 15 is 0 Å². The van der Waals surface area contributed by atoms with E-state index in [4.69, 9.17) is 4.74 Å². The molecule has 2 aromatic rings. The maximum atomic E-state index is 14.1. The molecule has 0 aliphatic heterocycles. The van der Waals surface area contributed by atoms with E-state index in [0.717, 1.165) is 24.5 Å². The zero-order chi connectivity index (χ0) is 17.4. The second-order valence-electron chi connectivity index (χ2n) is 6.45. The average molecular weight is 341 g/mol. The maximum absolute atomic E-state index is 14.1. The maximum Gasteiger partial charge on any atom is 0.228 e. The molecule has 2 aliphatic carbocycles. The first-order valence-electron chi connectivity index (χ1n) is 8.33. The fourth-order valence-electron chi connectivity index (χ4n) is 2.89. The molecule has 0 bridgehead atoms. The lowest BCUT2D eigenvalue weighted by Crippen LogP contribution is -2.30. The lowest BCUT2D eigenvalue weighted by Gasteiger charge is -2.28. The molecule has 5 heteroatoms. The number of hydrogen-bond donors (Lipinski definition) is 1. The Labute approximate surface area is 144 Å². The number of nitrogens with one attached hydrogen (secondary N) is 1. The topological polar surface area (TPSA) is 38.3 Å². The van der Waals surface area contributed by atoms with Crippen LogP contribution in [0.1, 0.15) is 29.5 Å². The van der Waals surface area contributed by atoms with Crippen molar-refractivity contribution in [3.8, 4) is 0 Å². The van der Waals surface area contributed by atoms with E-state index in [1.165, 1.54) is 6.07 Å². The van der Waals surface area contributed by atoms with Gasteiger partial charge in [-0.15, -0.1) is 0 Å². The van der Waals surface area contributed by atoms with Crippen molar-refractivity contribution in [1.29, 1.82) is 0 Å². The van der Waals surface area contributed by atoms with Gasteiger partial charge in [0.25, 0.3) is 0 Å². The summed E-state index contributed by atoms with van der Waals surface area (Å²) in [6.45, 7) is 0.534. The van der Waals surface area contributed by atoms with Crippen LogP contribution < -0.4 is 5.32 Å². The number of benzene rings is 2. The van der Waals surface area contributed by atoms with Crippen molar-refractivity contribution in [1.82, 2.24) is 5.32 Å². The van der Waals surface area contributed by atoms with Gasteiger partial charge in [-0.1, -0.05) is 30.3 Å². The zero-order valence-corrected chi connectivity index (χ0v) is 13.5. The standard InChI is InChI=1S/C20H17F2NO2/c21-15-9-8-14-17(18(15)22)19(20(14)25-11-13-6-7-13)23-16(24)10-12-4-2-1-3-5-12/h1-5,8-9,13H,6-7,10-11H2,(H,23,24). The summed E-state index contributed by atoms with van der Waals surface area (Å²) in [5, 5.41) is 2.69. The predicted octanol–water partition coefficient (Wildman–Crippen LogP) is 3.89. The van der Waals surface area contributed by atoms with Crippen molar-refractivity contribution in [2.24, 2.45) is 5.92 Å². The number of carbonyl (C=O) groups excluding carboxylic acids is 1. The van der Waals surface area contributed by atoms with Crippen molar-refractivity contribution >= 4 is 17.4 Å². The Morgan fingerprint density at radius 3 is 2.60 bits per heavy atom. The van der Waals surface area contributed by atoms with Crippen molar-refractivity contribution in [3.63, 3.8) is 0 Å². The fraction of sp³-hybridized carbons (Fsp3) is 0.250. The van der Waals surface area contributed by atoms with Crippen LogP contribution in [-0.2, 0) is 16.0 Å². The normalized spacial score (nSPS) is 15.4. The Hall–Kier alpha value is -2.69. The third-order valence-corrected chi connectivity index (χ3v) is 4.45. The number of amides is 1. The number of carbonyl (C=O) groups is 1. The molecule has 0 spiro atoms. The molecule has 0 atom stereocenters. The summed E-state index contributed by atoms with van der Waals surface area (Å²) in [5.41, 5.74) is 1.69. The van der Waals surface area contributed by atoms with Gasteiger partial charge in [0.05, 0.1) is 24.3 Å². The van der Waals surface area contributed by atoms with Gasteiger partial charge >= 0.3 is 0 Å². The highest BCUT2D eigenvalue weighted by Crippen LogP contribution is 2.43. The van der Waals surface area contributed by atoms with E-state index in [9.17, 15) is 13.6 Å². The number of hydrogen-bond acceptors (Lipinski definition) is 2. The van der Waals surface area contributed by atoms with Crippen LogP contribution in [0, 0.1) is 17.6 Å². The van der Waals surface area contributed by atoms with E-state index in [1.807, 2.05) is 30.3 Å². The number of fused-ring (bicyclic) bond motifs is 1. The van der Waals surface area contributed by atoms with Crippen molar-refractivity contribution in [3.05, 3.63) is 70.8 Å². The zero-order valence-electron chi connectivity index (χ0n) is 13.5. The Morgan fingerprint density at radius 2 is 1.88 bits per heavy atom. The quantitative estimate of drug-likeness (QED) is 0.866. The molecule has 1 saturated carbocycles. The van der Waals surface area contributed by atoms with Gasteiger partial charge < -0.3 is 10.1 Å². The van der Waals surface area contributed by atoms with Crippen LogP contribution in [0.5, 0.6) is 0 Å². The molecule has 2 aromatic carbocycles. The first-order valence-corrected chi connectivity index (χ1v) is 8.33. The Kier molecular flexibility index (Phi) is 3.99. The van der Waals surface area contributed by atoms with Crippen LogP contribution in [0.3, 0.4) is 0 Å². The first-order chi connectivity index (χ1) is 12.1. The van der Waals surface area contributed by atoms with Crippen molar-refractivity contribution < 1.29 is 18.3 Å². The lowest BCUT2D eigenvalue weighted by atomic mass is 9.90.